The van der Waals surface area contributed by atoms with E-state index in [-0.39, 0.29) is 11.4 Å². The van der Waals surface area contributed by atoms with Crippen LogP contribution < -0.4 is 5.73 Å². The monoisotopic (exact) mass is 293 g/mol. The molecular formula is C14H16FN3OS. The van der Waals surface area contributed by atoms with Gasteiger partial charge in [0.1, 0.15) is 5.82 Å². The zero-order valence-electron chi connectivity index (χ0n) is 11.0. The highest BCUT2D eigenvalue weighted by molar-refractivity contribution is 7.98. The molecule has 1 saturated carbocycles. The average molecular weight is 293 g/mol. The van der Waals surface area contributed by atoms with Crippen molar-refractivity contribution in [1.29, 1.82) is 0 Å². The molecule has 1 heterocycles. The van der Waals surface area contributed by atoms with Crippen LogP contribution in [0.4, 0.5) is 4.39 Å². The van der Waals surface area contributed by atoms with Gasteiger partial charge >= 0.3 is 0 Å². The summed E-state index contributed by atoms with van der Waals surface area (Å²) in [5.74, 6) is 1.64. The zero-order valence-corrected chi connectivity index (χ0v) is 11.8. The van der Waals surface area contributed by atoms with Crippen LogP contribution in [0.5, 0.6) is 0 Å². The van der Waals surface area contributed by atoms with Gasteiger partial charge in [-0.25, -0.2) is 4.39 Å². The molecule has 1 aromatic carbocycles. The van der Waals surface area contributed by atoms with E-state index in [0.29, 0.717) is 23.9 Å². The first kappa shape index (κ1) is 13.6. The lowest BCUT2D eigenvalue weighted by Crippen LogP contribution is -2.48. The minimum Gasteiger partial charge on any atom is -0.339 e. The first-order chi connectivity index (χ1) is 9.63. The summed E-state index contributed by atoms with van der Waals surface area (Å²) in [5, 5.41) is 3.95. The molecule has 106 valence electrons. The van der Waals surface area contributed by atoms with Gasteiger partial charge in [0, 0.05) is 16.9 Å². The van der Waals surface area contributed by atoms with Crippen molar-refractivity contribution in [2.24, 2.45) is 5.73 Å². The normalized spacial score (nSPS) is 16.9. The quantitative estimate of drug-likeness (QED) is 0.859. The summed E-state index contributed by atoms with van der Waals surface area (Å²) in [7, 11) is 0. The molecule has 0 atom stereocenters. The Kier molecular flexibility index (Phi) is 3.76. The molecule has 0 aliphatic heterocycles. The average Bonchev–Trinajstić information content (AvgIpc) is 2.84. The van der Waals surface area contributed by atoms with Crippen molar-refractivity contribution in [1.82, 2.24) is 10.1 Å². The lowest BCUT2D eigenvalue weighted by Gasteiger charge is -2.36. The van der Waals surface area contributed by atoms with E-state index in [2.05, 4.69) is 10.1 Å². The topological polar surface area (TPSA) is 64.9 Å². The Labute approximate surface area is 120 Å². The number of rotatable bonds is 5. The van der Waals surface area contributed by atoms with Crippen LogP contribution in [0.2, 0.25) is 0 Å². The Morgan fingerprint density at radius 2 is 2.05 bits per heavy atom. The largest absolute Gasteiger partial charge is 0.339 e. The molecule has 0 radical (unpaired) electrons. The van der Waals surface area contributed by atoms with Gasteiger partial charge in [0.15, 0.2) is 5.82 Å². The molecule has 0 amide bonds. The van der Waals surface area contributed by atoms with E-state index in [9.17, 15) is 4.39 Å². The Morgan fingerprint density at radius 3 is 2.70 bits per heavy atom. The first-order valence-corrected chi connectivity index (χ1v) is 7.60. The lowest BCUT2D eigenvalue weighted by atomic mass is 9.75. The van der Waals surface area contributed by atoms with Crippen molar-refractivity contribution in [2.45, 2.75) is 41.9 Å². The number of benzene rings is 1. The molecule has 6 heteroatoms. The van der Waals surface area contributed by atoms with Crippen molar-refractivity contribution in [3.05, 3.63) is 41.8 Å². The van der Waals surface area contributed by atoms with Crippen LogP contribution >= 0.6 is 11.8 Å². The van der Waals surface area contributed by atoms with Crippen LogP contribution in [-0.2, 0) is 12.2 Å². The van der Waals surface area contributed by atoms with Crippen LogP contribution in [0, 0.1) is 5.82 Å². The second-order valence-electron chi connectivity index (χ2n) is 5.24. The SMILES string of the molecule is NC1(Cc2nc(CSc3ccc(F)cc3)no2)CCC1. The molecule has 1 aromatic heterocycles. The molecule has 0 unspecified atom stereocenters. The maximum absolute atomic E-state index is 12.8. The zero-order chi connectivity index (χ0) is 14.0. The smallest absolute Gasteiger partial charge is 0.228 e. The van der Waals surface area contributed by atoms with Crippen LogP contribution in [0.3, 0.4) is 0 Å². The third-order valence-electron chi connectivity index (χ3n) is 3.54. The maximum Gasteiger partial charge on any atom is 0.228 e. The Balaban J connectivity index is 1.55. The summed E-state index contributed by atoms with van der Waals surface area (Å²) in [5.41, 5.74) is 6.01. The molecule has 1 aliphatic rings. The minimum absolute atomic E-state index is 0.145. The summed E-state index contributed by atoms with van der Waals surface area (Å²) in [6.45, 7) is 0. The molecule has 0 spiro atoms. The van der Waals surface area contributed by atoms with Crippen molar-refractivity contribution < 1.29 is 8.91 Å². The number of halogens is 1. The van der Waals surface area contributed by atoms with Gasteiger partial charge in [-0.15, -0.1) is 11.8 Å². The predicted molar refractivity (Wildman–Crippen MR) is 74.7 cm³/mol. The second-order valence-corrected chi connectivity index (χ2v) is 6.29. The van der Waals surface area contributed by atoms with Gasteiger partial charge in [0.05, 0.1) is 5.75 Å². The molecule has 2 N–H and O–H groups in total. The molecular weight excluding hydrogens is 277 g/mol. The summed E-state index contributed by atoms with van der Waals surface area (Å²) >= 11 is 1.55. The Bertz CT molecular complexity index is 580. The molecule has 2 aromatic rings. The summed E-state index contributed by atoms with van der Waals surface area (Å²) in [4.78, 5) is 5.34. The number of aromatic nitrogens is 2. The number of nitrogens with two attached hydrogens (primary N) is 1. The fourth-order valence-corrected chi connectivity index (χ4v) is 2.95. The number of hydrogen-bond acceptors (Lipinski definition) is 5. The minimum atomic E-state index is -0.232. The van der Waals surface area contributed by atoms with Crippen LogP contribution in [0.25, 0.3) is 0 Å². The Hall–Kier alpha value is -1.40. The highest BCUT2D eigenvalue weighted by Gasteiger charge is 2.34. The molecule has 4 nitrogen and oxygen atoms in total. The highest BCUT2D eigenvalue weighted by atomic mass is 32.2. The fourth-order valence-electron chi connectivity index (χ4n) is 2.21. The van der Waals surface area contributed by atoms with Gasteiger partial charge in [0.25, 0.3) is 0 Å². The third-order valence-corrected chi connectivity index (χ3v) is 4.55. The number of nitrogens with zero attached hydrogens (tertiary/aromatic N) is 2. The predicted octanol–water partition coefficient (Wildman–Crippen LogP) is 2.92. The summed E-state index contributed by atoms with van der Waals surface area (Å²) < 4.78 is 18.0. The summed E-state index contributed by atoms with van der Waals surface area (Å²) in [6.07, 6.45) is 3.88. The molecule has 1 fully saturated rings. The van der Waals surface area contributed by atoms with Crippen molar-refractivity contribution in [3.63, 3.8) is 0 Å². The maximum atomic E-state index is 12.8. The van der Waals surface area contributed by atoms with E-state index >= 15 is 0 Å². The van der Waals surface area contributed by atoms with Gasteiger partial charge in [-0.1, -0.05) is 5.16 Å². The molecule has 0 bridgehead atoms. The van der Waals surface area contributed by atoms with E-state index in [4.69, 9.17) is 10.3 Å². The van der Waals surface area contributed by atoms with Crippen LogP contribution in [-0.4, -0.2) is 15.7 Å². The number of hydrogen-bond donors (Lipinski definition) is 1. The molecule has 1 aliphatic carbocycles. The summed E-state index contributed by atoms with van der Waals surface area (Å²) in [6, 6.07) is 6.37. The second kappa shape index (κ2) is 5.54. The number of thioether (sulfide) groups is 1. The van der Waals surface area contributed by atoms with E-state index in [1.54, 1.807) is 23.9 Å². The third kappa shape index (κ3) is 3.19. The lowest BCUT2D eigenvalue weighted by molar-refractivity contribution is 0.221. The van der Waals surface area contributed by atoms with Crippen molar-refractivity contribution in [3.8, 4) is 0 Å². The van der Waals surface area contributed by atoms with Gasteiger partial charge in [0.2, 0.25) is 5.89 Å². The molecule has 0 saturated heterocycles. The molecule has 20 heavy (non-hydrogen) atoms. The van der Waals surface area contributed by atoms with Crippen LogP contribution in [0.15, 0.2) is 33.7 Å². The van der Waals surface area contributed by atoms with Gasteiger partial charge < -0.3 is 10.3 Å². The van der Waals surface area contributed by atoms with Gasteiger partial charge in [-0.3, -0.25) is 0 Å². The van der Waals surface area contributed by atoms with Crippen LogP contribution in [0.1, 0.15) is 31.0 Å². The molecule has 3 rings (SSSR count). The standard InChI is InChI=1S/C14H16FN3OS/c15-10-2-4-11(5-3-10)20-9-12-17-13(19-18-12)8-14(16)6-1-7-14/h2-5H,1,6-9,16H2. The first-order valence-electron chi connectivity index (χ1n) is 6.62. The van der Waals surface area contributed by atoms with E-state index in [0.717, 1.165) is 17.7 Å². The van der Waals surface area contributed by atoms with E-state index < -0.39 is 0 Å². The highest BCUT2D eigenvalue weighted by Crippen LogP contribution is 2.32. The Morgan fingerprint density at radius 1 is 1.30 bits per heavy atom. The van der Waals surface area contributed by atoms with E-state index in [1.807, 2.05) is 0 Å². The van der Waals surface area contributed by atoms with Crippen molar-refractivity contribution >= 4 is 11.8 Å². The fraction of sp³-hybridized carbons (Fsp3) is 0.429. The van der Waals surface area contributed by atoms with Crippen molar-refractivity contribution in [2.75, 3.05) is 0 Å². The van der Waals surface area contributed by atoms with Gasteiger partial charge in [-0.2, -0.15) is 4.98 Å². The van der Waals surface area contributed by atoms with E-state index in [1.165, 1.54) is 18.6 Å². The van der Waals surface area contributed by atoms with Gasteiger partial charge in [-0.05, 0) is 43.5 Å².